The van der Waals surface area contributed by atoms with Crippen molar-refractivity contribution in [1.82, 2.24) is 15.5 Å². The summed E-state index contributed by atoms with van der Waals surface area (Å²) in [5.74, 6) is -1.04. The molecule has 5 heterocycles. The van der Waals surface area contributed by atoms with Gasteiger partial charge in [-0.2, -0.15) is 0 Å². The zero-order valence-electron chi connectivity index (χ0n) is 33.3. The Hall–Kier alpha value is -2.22. The maximum absolute atomic E-state index is 13.4. The number of rotatable bonds is 3. The minimum Gasteiger partial charge on any atom is -0.550 e. The Morgan fingerprint density at radius 1 is 1.07 bits per heavy atom. The molecule has 1 spiro atoms. The Bertz CT molecular complexity index is 1590. The minimum absolute atomic E-state index is 0.0219. The number of quaternary nitrogens is 1. The molecule has 5 aliphatic heterocycles. The Kier molecular flexibility index (Phi) is 11.2. The van der Waals surface area contributed by atoms with Crippen molar-refractivity contribution in [3.05, 3.63) is 47.5 Å². The number of nitrogens with two attached hydrogens (primary N) is 1. The van der Waals surface area contributed by atoms with Crippen molar-refractivity contribution in [2.45, 2.75) is 163 Å². The second kappa shape index (κ2) is 15.5. The molecule has 304 valence electrons. The molecule has 13 unspecified atom stereocenters. The number of aliphatic imine (C=N–C) groups is 1. The third kappa shape index (κ3) is 8.24. The zero-order chi connectivity index (χ0) is 38.6. The molecule has 55 heavy (non-hydrogen) atoms. The summed E-state index contributed by atoms with van der Waals surface area (Å²) < 4.78 is 0. The second-order valence-corrected chi connectivity index (χ2v) is 19.8. The van der Waals surface area contributed by atoms with Crippen LogP contribution in [0, 0.1) is 23.2 Å². The largest absolute Gasteiger partial charge is 0.550 e. The number of hydrogen-bond acceptors (Lipinski definition) is 10. The van der Waals surface area contributed by atoms with Gasteiger partial charge in [0.25, 0.3) is 0 Å². The van der Waals surface area contributed by atoms with Crippen LogP contribution < -0.4 is 26.4 Å². The highest BCUT2D eigenvalue weighted by molar-refractivity contribution is 5.65. The van der Waals surface area contributed by atoms with Crippen LogP contribution in [0.2, 0.25) is 0 Å². The van der Waals surface area contributed by atoms with E-state index in [-0.39, 0.29) is 65.6 Å². The predicted molar refractivity (Wildman–Crippen MR) is 211 cm³/mol. The fraction of sp³-hybridized carbons (Fsp3) is 0.773. The Morgan fingerprint density at radius 2 is 1.85 bits per heavy atom. The number of nitrogens with one attached hydrogen (secondary N) is 3. The fourth-order valence-corrected chi connectivity index (χ4v) is 12.8. The average molecular weight is 761 g/mol. The van der Waals surface area contributed by atoms with E-state index in [2.05, 4.69) is 70.8 Å². The van der Waals surface area contributed by atoms with E-state index in [0.717, 1.165) is 90.4 Å². The lowest BCUT2D eigenvalue weighted by Gasteiger charge is -2.59. The molecule has 0 radical (unpaired) electrons. The highest BCUT2D eigenvalue weighted by atomic mass is 16.4. The SMILES string of the molecule is CC1C(O)CC([NH+]2CC=NC2)C2CC3(O)C(C=CC4CCC5(CCCC5)CCC(O)(CC(=O)[O-])CNC5(C)CC(N)NC(Cc6cccc(c6)CC43)C5)CN12. The summed E-state index contributed by atoms with van der Waals surface area (Å²) in [6.45, 7) is 6.84. The van der Waals surface area contributed by atoms with E-state index in [4.69, 9.17) is 5.73 Å². The average Bonchev–Trinajstić information content (AvgIpc) is 3.84. The molecule has 1 saturated carbocycles. The molecule has 8 rings (SSSR count). The van der Waals surface area contributed by atoms with Gasteiger partial charge in [0.15, 0.2) is 6.67 Å². The van der Waals surface area contributed by atoms with Crippen LogP contribution in [0.3, 0.4) is 0 Å². The number of aliphatic hydroxyl groups excluding tert-OH is 1. The molecule has 7 aliphatic rings. The van der Waals surface area contributed by atoms with Crippen LogP contribution in [0.4, 0.5) is 0 Å². The van der Waals surface area contributed by atoms with Crippen LogP contribution in [0.1, 0.15) is 108 Å². The number of fused-ring (bicyclic) bond motifs is 8. The van der Waals surface area contributed by atoms with Gasteiger partial charge in [-0.05, 0) is 113 Å². The lowest BCUT2D eigenvalue weighted by atomic mass is 9.58. The quantitative estimate of drug-likeness (QED) is 0.221. The van der Waals surface area contributed by atoms with Crippen LogP contribution >= 0.6 is 0 Å². The van der Waals surface area contributed by atoms with E-state index in [0.29, 0.717) is 19.3 Å². The Labute approximate surface area is 328 Å². The molecule has 8 N–H and O–H groups in total. The number of carboxylic acid groups (broad SMARTS) is 1. The molecular weight excluding hydrogens is 693 g/mol. The van der Waals surface area contributed by atoms with E-state index in [1.165, 1.54) is 16.0 Å². The summed E-state index contributed by atoms with van der Waals surface area (Å²) >= 11 is 0. The number of β-amino-alcohol motifs (C(OH)–C–C–N with tert-alkyl or cyclic N) is 1. The first-order valence-electron chi connectivity index (χ1n) is 21.7. The van der Waals surface area contributed by atoms with Gasteiger partial charge in [0, 0.05) is 55.4 Å². The first-order chi connectivity index (χ1) is 26.2. The highest BCUT2D eigenvalue weighted by Gasteiger charge is 2.58. The van der Waals surface area contributed by atoms with E-state index in [1.54, 1.807) is 0 Å². The lowest BCUT2D eigenvalue weighted by Crippen LogP contribution is -3.17. The second-order valence-electron chi connectivity index (χ2n) is 19.8. The number of aliphatic hydroxyl groups is 3. The van der Waals surface area contributed by atoms with Gasteiger partial charge in [-0.3, -0.25) is 10.2 Å². The van der Waals surface area contributed by atoms with Gasteiger partial charge in [-0.15, -0.1) is 0 Å². The van der Waals surface area contributed by atoms with Crippen molar-refractivity contribution in [3.63, 3.8) is 0 Å². The maximum atomic E-state index is 13.4. The van der Waals surface area contributed by atoms with Gasteiger partial charge in [0.1, 0.15) is 12.6 Å². The molecule has 11 nitrogen and oxygen atoms in total. The molecule has 4 fully saturated rings. The van der Waals surface area contributed by atoms with Crippen molar-refractivity contribution in [2.75, 3.05) is 26.3 Å². The molecule has 1 aromatic rings. The van der Waals surface area contributed by atoms with Crippen molar-refractivity contribution in [2.24, 2.45) is 33.9 Å². The summed E-state index contributed by atoms with van der Waals surface area (Å²) in [7, 11) is 0. The standard InChI is InChI=1S/C44H68N6O5/c1-29-38(51)21-36(49-17-16-46-28-49)37-23-44(55)33(26-50(29)37)9-8-32-10-13-42(11-3-4-12-42)14-15-43(54,25-40(52)53)27-47-41(2)22-34(48-39(45)24-41)19-30-6-5-7-31(18-30)20-35(32)44/h5-9,16,18,29,32-39,47-48,51,54-55H,3-4,10-15,17,19-28,45H2,1-2H3,(H,52,53). The molecule has 4 bridgehead atoms. The number of nitrogens with zero attached hydrogens (tertiary/aromatic N) is 2. The van der Waals surface area contributed by atoms with Gasteiger partial charge in [0.2, 0.25) is 0 Å². The van der Waals surface area contributed by atoms with Gasteiger partial charge in [0.05, 0.1) is 35.7 Å². The van der Waals surface area contributed by atoms with E-state index in [9.17, 15) is 25.2 Å². The van der Waals surface area contributed by atoms with Gasteiger partial charge >= 0.3 is 0 Å². The number of benzene rings is 1. The normalized spacial score (nSPS) is 44.9. The topological polar surface area (TPSA) is 171 Å². The van der Waals surface area contributed by atoms with Gasteiger partial charge < -0.3 is 41.2 Å². The third-order valence-corrected chi connectivity index (χ3v) is 16.0. The highest BCUT2D eigenvalue weighted by Crippen LogP contribution is 2.53. The van der Waals surface area contributed by atoms with Crippen molar-refractivity contribution >= 4 is 12.2 Å². The summed E-state index contributed by atoms with van der Waals surface area (Å²) in [6, 6.07) is 9.49. The lowest BCUT2D eigenvalue weighted by molar-refractivity contribution is -0.915. The van der Waals surface area contributed by atoms with Crippen LogP contribution in [0.5, 0.6) is 0 Å². The van der Waals surface area contributed by atoms with Gasteiger partial charge in [-0.1, -0.05) is 49.3 Å². The summed E-state index contributed by atoms with van der Waals surface area (Å²) in [5, 5.41) is 56.1. The first-order valence-corrected chi connectivity index (χ1v) is 21.7. The van der Waals surface area contributed by atoms with Crippen LogP contribution in [0.15, 0.2) is 41.4 Å². The minimum atomic E-state index is -1.42. The molecule has 0 aromatic heterocycles. The number of hydrogen-bond donors (Lipinski definition) is 7. The van der Waals surface area contributed by atoms with Crippen LogP contribution in [0.25, 0.3) is 0 Å². The van der Waals surface area contributed by atoms with Crippen LogP contribution in [-0.4, -0.2) is 112 Å². The molecular formula is C44H68N6O5. The first kappa shape index (κ1) is 39.6. The summed E-state index contributed by atoms with van der Waals surface area (Å²) in [4.78, 5) is 20.6. The van der Waals surface area contributed by atoms with Crippen molar-refractivity contribution in [1.29, 1.82) is 0 Å². The number of allylic oxidation sites excluding steroid dienone is 1. The summed E-state index contributed by atoms with van der Waals surface area (Å²) in [6.07, 6.45) is 17.8. The monoisotopic (exact) mass is 761 g/mol. The number of carboxylic acids is 1. The maximum Gasteiger partial charge on any atom is 0.171 e. The van der Waals surface area contributed by atoms with Crippen molar-refractivity contribution < 1.29 is 30.1 Å². The molecule has 1 aromatic carbocycles. The number of piperidine rings is 3. The van der Waals surface area contributed by atoms with Gasteiger partial charge in [-0.25, -0.2) is 4.99 Å². The molecule has 3 saturated heterocycles. The van der Waals surface area contributed by atoms with Crippen LogP contribution in [-0.2, 0) is 17.6 Å². The predicted octanol–water partition coefficient (Wildman–Crippen LogP) is 0.835. The smallest absolute Gasteiger partial charge is 0.171 e. The van der Waals surface area contributed by atoms with E-state index >= 15 is 0 Å². The van der Waals surface area contributed by atoms with Crippen molar-refractivity contribution in [3.8, 4) is 0 Å². The summed E-state index contributed by atoms with van der Waals surface area (Å²) in [5.41, 5.74) is 6.46. The molecule has 11 heteroatoms. The Morgan fingerprint density at radius 3 is 2.60 bits per heavy atom. The molecule has 13 atom stereocenters. The number of aliphatic carboxylic acids is 1. The van der Waals surface area contributed by atoms with E-state index < -0.39 is 29.7 Å². The number of carbonyl (C=O) groups is 1. The zero-order valence-corrected chi connectivity index (χ0v) is 33.3. The Balaban J connectivity index is 1.15. The molecule has 2 aliphatic carbocycles. The van der Waals surface area contributed by atoms with E-state index in [1.807, 2.05) is 6.21 Å². The number of carbonyl (C=O) groups excluding carboxylic acids is 1. The fourth-order valence-electron chi connectivity index (χ4n) is 12.8. The molecule has 0 amide bonds. The third-order valence-electron chi connectivity index (χ3n) is 16.0.